The van der Waals surface area contributed by atoms with E-state index in [-0.39, 0.29) is 5.56 Å². The van der Waals surface area contributed by atoms with Crippen LogP contribution in [0.25, 0.3) is 10.8 Å². The molecule has 0 bridgehead atoms. The Morgan fingerprint density at radius 1 is 1.44 bits per heavy atom. The van der Waals surface area contributed by atoms with Crippen molar-refractivity contribution in [1.29, 1.82) is 0 Å². The number of pyridine rings is 2. The maximum absolute atomic E-state index is 11.6. The van der Waals surface area contributed by atoms with E-state index in [1.165, 1.54) is 6.20 Å². The van der Waals surface area contributed by atoms with Crippen molar-refractivity contribution in [3.63, 3.8) is 0 Å². The number of fused-ring (bicyclic) bond motifs is 1. The topological polar surface area (TPSA) is 71.8 Å². The second-order valence-electron chi connectivity index (χ2n) is 4.31. The Hall–Kier alpha value is -1.39. The van der Waals surface area contributed by atoms with Crippen LogP contribution in [-0.2, 0) is 5.54 Å². The first-order valence-corrected chi connectivity index (χ1v) is 5.23. The Labute approximate surface area is 97.5 Å². The molecule has 2 aromatic rings. The molecule has 0 saturated carbocycles. The van der Waals surface area contributed by atoms with E-state index in [9.17, 15) is 4.79 Å². The predicted molar refractivity (Wildman–Crippen MR) is 64.6 cm³/mol. The fraction of sp³-hybridized carbons (Fsp3) is 0.273. The summed E-state index contributed by atoms with van der Waals surface area (Å²) in [5, 5.41) is 1.60. The molecular formula is C11H12ClN3O. The standard InChI is InChI=1S/C11H12ClN3O/c1-11(2,13)8-5-15-10(16)7-4-14-9(12)3-6(7)8/h3-5H,13H2,1-2H3,(H,15,16). The number of halogens is 1. The molecule has 0 aliphatic heterocycles. The molecule has 2 rings (SSSR count). The van der Waals surface area contributed by atoms with Gasteiger partial charge in [-0.3, -0.25) is 4.79 Å². The van der Waals surface area contributed by atoms with Crippen LogP contribution in [0.3, 0.4) is 0 Å². The highest BCUT2D eigenvalue weighted by Crippen LogP contribution is 2.25. The predicted octanol–water partition coefficient (Wildman–Crippen LogP) is 1.77. The Morgan fingerprint density at radius 3 is 2.75 bits per heavy atom. The molecule has 3 N–H and O–H groups in total. The average molecular weight is 238 g/mol. The van der Waals surface area contributed by atoms with Gasteiger partial charge in [-0.1, -0.05) is 11.6 Å². The van der Waals surface area contributed by atoms with Crippen molar-refractivity contribution in [3.8, 4) is 0 Å². The summed E-state index contributed by atoms with van der Waals surface area (Å²) in [5.41, 5.74) is 6.14. The van der Waals surface area contributed by atoms with E-state index in [2.05, 4.69) is 9.97 Å². The molecule has 0 aliphatic rings. The smallest absolute Gasteiger partial charge is 0.257 e. The van der Waals surface area contributed by atoms with Crippen LogP contribution in [0.1, 0.15) is 19.4 Å². The summed E-state index contributed by atoms with van der Waals surface area (Å²) < 4.78 is 0. The summed E-state index contributed by atoms with van der Waals surface area (Å²) >= 11 is 5.83. The number of hydrogen-bond donors (Lipinski definition) is 2. The minimum atomic E-state index is -0.548. The van der Waals surface area contributed by atoms with Gasteiger partial charge in [0.25, 0.3) is 5.56 Å². The van der Waals surface area contributed by atoms with Crippen molar-refractivity contribution in [2.45, 2.75) is 19.4 Å². The minimum Gasteiger partial charge on any atom is -0.328 e. The zero-order valence-electron chi connectivity index (χ0n) is 9.04. The van der Waals surface area contributed by atoms with Crippen molar-refractivity contribution < 1.29 is 0 Å². The van der Waals surface area contributed by atoms with E-state index in [4.69, 9.17) is 17.3 Å². The van der Waals surface area contributed by atoms with Gasteiger partial charge in [-0.2, -0.15) is 0 Å². The number of H-pyrrole nitrogens is 1. The van der Waals surface area contributed by atoms with Crippen LogP contribution in [0.2, 0.25) is 5.15 Å². The molecule has 5 heteroatoms. The molecule has 0 amide bonds. The van der Waals surface area contributed by atoms with E-state index in [0.717, 1.165) is 10.9 Å². The maximum Gasteiger partial charge on any atom is 0.257 e. The molecule has 0 aliphatic carbocycles. The van der Waals surface area contributed by atoms with Crippen molar-refractivity contribution in [2.24, 2.45) is 5.73 Å². The molecule has 0 radical (unpaired) electrons. The van der Waals surface area contributed by atoms with Gasteiger partial charge in [0.05, 0.1) is 5.39 Å². The largest absolute Gasteiger partial charge is 0.328 e. The highest BCUT2D eigenvalue weighted by Gasteiger charge is 2.18. The fourth-order valence-electron chi connectivity index (χ4n) is 1.66. The molecule has 2 aromatic heterocycles. The molecule has 0 atom stereocenters. The first-order valence-electron chi connectivity index (χ1n) is 4.86. The lowest BCUT2D eigenvalue weighted by molar-refractivity contribution is 0.557. The second kappa shape index (κ2) is 3.57. The first-order chi connectivity index (χ1) is 7.39. The Bertz CT molecular complexity index is 598. The summed E-state index contributed by atoms with van der Waals surface area (Å²) in [6.45, 7) is 3.74. The van der Waals surface area contributed by atoms with Crippen LogP contribution < -0.4 is 11.3 Å². The van der Waals surface area contributed by atoms with Crippen LogP contribution >= 0.6 is 11.6 Å². The molecule has 16 heavy (non-hydrogen) atoms. The number of nitrogens with zero attached hydrogens (tertiary/aromatic N) is 1. The van der Waals surface area contributed by atoms with Crippen LogP contribution in [0.4, 0.5) is 0 Å². The monoisotopic (exact) mass is 237 g/mol. The van der Waals surface area contributed by atoms with Gasteiger partial charge in [0.15, 0.2) is 0 Å². The summed E-state index contributed by atoms with van der Waals surface area (Å²) in [6, 6.07) is 1.66. The molecule has 0 saturated heterocycles. The van der Waals surface area contributed by atoms with Gasteiger partial charge in [0, 0.05) is 17.9 Å². The van der Waals surface area contributed by atoms with Gasteiger partial charge in [-0.25, -0.2) is 4.98 Å². The van der Waals surface area contributed by atoms with Gasteiger partial charge >= 0.3 is 0 Å². The Morgan fingerprint density at radius 2 is 2.12 bits per heavy atom. The Kier molecular flexibility index (Phi) is 2.48. The van der Waals surface area contributed by atoms with Crippen molar-refractivity contribution >= 4 is 22.4 Å². The molecule has 2 heterocycles. The van der Waals surface area contributed by atoms with Gasteiger partial charge in [0.1, 0.15) is 5.15 Å². The van der Waals surface area contributed by atoms with Gasteiger partial charge < -0.3 is 10.7 Å². The number of hydrogen-bond acceptors (Lipinski definition) is 3. The molecule has 0 aromatic carbocycles. The molecular weight excluding hydrogens is 226 g/mol. The molecule has 0 unspecified atom stereocenters. The highest BCUT2D eigenvalue weighted by atomic mass is 35.5. The number of nitrogens with two attached hydrogens (primary N) is 1. The van der Waals surface area contributed by atoms with Crippen molar-refractivity contribution in [3.05, 3.63) is 39.5 Å². The van der Waals surface area contributed by atoms with Crippen LogP contribution in [-0.4, -0.2) is 9.97 Å². The van der Waals surface area contributed by atoms with Gasteiger partial charge in [-0.05, 0) is 30.9 Å². The molecule has 0 fully saturated rings. The van der Waals surface area contributed by atoms with Gasteiger partial charge in [-0.15, -0.1) is 0 Å². The van der Waals surface area contributed by atoms with Crippen molar-refractivity contribution in [2.75, 3.05) is 0 Å². The normalized spacial score (nSPS) is 12.0. The summed E-state index contributed by atoms with van der Waals surface area (Å²) in [5.74, 6) is 0. The summed E-state index contributed by atoms with van der Waals surface area (Å²) in [7, 11) is 0. The zero-order valence-corrected chi connectivity index (χ0v) is 9.80. The van der Waals surface area contributed by atoms with E-state index in [0.29, 0.717) is 10.5 Å². The maximum atomic E-state index is 11.6. The fourth-order valence-corrected chi connectivity index (χ4v) is 1.82. The Balaban J connectivity index is 2.92. The van der Waals surface area contributed by atoms with E-state index >= 15 is 0 Å². The van der Waals surface area contributed by atoms with Gasteiger partial charge in [0.2, 0.25) is 0 Å². The first kappa shape index (κ1) is 11.1. The lowest BCUT2D eigenvalue weighted by Crippen LogP contribution is -2.30. The number of aromatic amines is 1. The van der Waals surface area contributed by atoms with Crippen LogP contribution in [0.15, 0.2) is 23.3 Å². The third kappa shape index (κ3) is 1.81. The zero-order chi connectivity index (χ0) is 11.9. The quantitative estimate of drug-likeness (QED) is 0.743. The average Bonchev–Trinajstić information content (AvgIpc) is 2.15. The summed E-state index contributed by atoms with van der Waals surface area (Å²) in [6.07, 6.45) is 3.09. The lowest BCUT2D eigenvalue weighted by atomic mass is 9.93. The lowest BCUT2D eigenvalue weighted by Gasteiger charge is -2.20. The summed E-state index contributed by atoms with van der Waals surface area (Å²) in [4.78, 5) is 18.1. The molecule has 0 spiro atoms. The highest BCUT2D eigenvalue weighted by molar-refractivity contribution is 6.30. The number of aromatic nitrogens is 2. The number of rotatable bonds is 1. The third-order valence-electron chi connectivity index (χ3n) is 2.45. The number of nitrogens with one attached hydrogen (secondary N) is 1. The SMILES string of the molecule is CC(C)(N)c1c[nH]c(=O)c2cnc(Cl)cc12. The van der Waals surface area contributed by atoms with E-state index in [1.54, 1.807) is 12.3 Å². The van der Waals surface area contributed by atoms with Crippen molar-refractivity contribution in [1.82, 2.24) is 9.97 Å². The third-order valence-corrected chi connectivity index (χ3v) is 2.65. The minimum absolute atomic E-state index is 0.188. The van der Waals surface area contributed by atoms with E-state index < -0.39 is 5.54 Å². The van der Waals surface area contributed by atoms with Crippen LogP contribution in [0.5, 0.6) is 0 Å². The van der Waals surface area contributed by atoms with Crippen LogP contribution in [0, 0.1) is 0 Å². The molecule has 84 valence electrons. The second-order valence-corrected chi connectivity index (χ2v) is 4.69. The molecule has 4 nitrogen and oxygen atoms in total. The van der Waals surface area contributed by atoms with E-state index in [1.807, 2.05) is 13.8 Å².